The van der Waals surface area contributed by atoms with Crippen molar-refractivity contribution < 1.29 is 13.2 Å². The van der Waals surface area contributed by atoms with E-state index in [1.165, 1.54) is 0 Å². The number of hydrogen-bond acceptors (Lipinski definition) is 5. The minimum atomic E-state index is -2.78. The summed E-state index contributed by atoms with van der Waals surface area (Å²) in [5, 5.41) is 17.8. The Morgan fingerprint density at radius 1 is 0.967 bits per heavy atom. The van der Waals surface area contributed by atoms with E-state index in [2.05, 4.69) is 39.0 Å². The molecule has 7 nitrogen and oxygen atoms in total. The van der Waals surface area contributed by atoms with Crippen LogP contribution in [0.1, 0.15) is 17.9 Å². The van der Waals surface area contributed by atoms with Crippen LogP contribution in [0.25, 0.3) is 33.5 Å². The molecule has 5 rings (SSSR count). The predicted molar refractivity (Wildman–Crippen MR) is 106 cm³/mol. The van der Waals surface area contributed by atoms with Gasteiger partial charge in [0.25, 0.3) is 5.89 Å². The zero-order chi connectivity index (χ0) is 20.7. The molecule has 3 heterocycles. The van der Waals surface area contributed by atoms with Crippen molar-refractivity contribution in [1.29, 1.82) is 0 Å². The second-order valence-electron chi connectivity index (χ2n) is 6.98. The lowest BCUT2D eigenvalue weighted by Crippen LogP contribution is -2.00. The lowest BCUT2D eigenvalue weighted by atomic mass is 10.1. The maximum atomic E-state index is 12.6. The number of rotatable bonds is 5. The van der Waals surface area contributed by atoms with E-state index in [1.54, 1.807) is 16.8 Å². The largest absolute Gasteiger partial charge is 0.415 e. The van der Waals surface area contributed by atoms with Gasteiger partial charge in [0.05, 0.1) is 12.7 Å². The second kappa shape index (κ2) is 7.18. The summed E-state index contributed by atoms with van der Waals surface area (Å²) in [6.45, 7) is 0.518. The summed E-state index contributed by atoms with van der Waals surface area (Å²) in [6, 6.07) is 13.3. The van der Waals surface area contributed by atoms with Crippen molar-refractivity contribution in [3.63, 3.8) is 0 Å². The molecule has 5 aromatic rings. The van der Waals surface area contributed by atoms with Crippen molar-refractivity contribution in [1.82, 2.24) is 29.8 Å². The van der Waals surface area contributed by atoms with Crippen molar-refractivity contribution in [3.8, 4) is 22.7 Å². The van der Waals surface area contributed by atoms with Crippen LogP contribution in [0.2, 0.25) is 0 Å². The quantitative estimate of drug-likeness (QED) is 0.430. The van der Waals surface area contributed by atoms with E-state index >= 15 is 0 Å². The average Bonchev–Trinajstić information content (AvgIpc) is 3.47. The van der Waals surface area contributed by atoms with Crippen LogP contribution in [-0.2, 0) is 13.6 Å². The van der Waals surface area contributed by atoms with Crippen LogP contribution >= 0.6 is 0 Å². The molecule has 0 radical (unpaired) electrons. The fourth-order valence-electron chi connectivity index (χ4n) is 3.40. The third-order valence-electron chi connectivity index (χ3n) is 4.80. The average molecular weight is 406 g/mol. The summed E-state index contributed by atoms with van der Waals surface area (Å²) in [7, 11) is 1.99. The van der Waals surface area contributed by atoms with Crippen LogP contribution in [-0.4, -0.2) is 29.8 Å². The first-order valence-corrected chi connectivity index (χ1v) is 9.23. The number of aromatic nitrogens is 6. The Balaban J connectivity index is 1.36. The van der Waals surface area contributed by atoms with Gasteiger partial charge in [-0.3, -0.25) is 0 Å². The first-order valence-electron chi connectivity index (χ1n) is 9.23. The fraction of sp³-hybridized carbons (Fsp3) is 0.143. The van der Waals surface area contributed by atoms with Gasteiger partial charge < -0.3 is 8.98 Å². The van der Waals surface area contributed by atoms with E-state index in [0.717, 1.165) is 27.6 Å². The minimum absolute atomic E-state index is 0.0656. The molecule has 0 bridgehead atoms. The predicted octanol–water partition coefficient (Wildman–Crippen LogP) is 4.47. The Morgan fingerprint density at radius 2 is 1.80 bits per heavy atom. The maximum Gasteiger partial charge on any atom is 0.314 e. The van der Waals surface area contributed by atoms with Crippen LogP contribution in [0, 0.1) is 0 Å². The molecule has 150 valence electrons. The van der Waals surface area contributed by atoms with E-state index in [1.807, 2.05) is 42.1 Å². The Kier molecular flexibility index (Phi) is 4.35. The lowest BCUT2D eigenvalue weighted by molar-refractivity contribution is 0.116. The van der Waals surface area contributed by atoms with Crippen molar-refractivity contribution >= 4 is 10.8 Å². The Labute approximate surface area is 169 Å². The van der Waals surface area contributed by atoms with Crippen molar-refractivity contribution in [2.45, 2.75) is 13.0 Å². The molecule has 0 N–H and O–H groups in total. The topological polar surface area (TPSA) is 74.6 Å². The molecule has 0 amide bonds. The van der Waals surface area contributed by atoms with E-state index in [9.17, 15) is 8.78 Å². The number of fused-ring (bicyclic) bond motifs is 1. The van der Waals surface area contributed by atoms with E-state index in [-0.39, 0.29) is 5.89 Å². The third-order valence-corrected chi connectivity index (χ3v) is 4.80. The van der Waals surface area contributed by atoms with Gasteiger partial charge in [-0.15, -0.1) is 15.3 Å². The zero-order valence-corrected chi connectivity index (χ0v) is 15.9. The zero-order valence-electron chi connectivity index (χ0n) is 15.9. The molecular formula is C21H16F2N6O. The number of nitrogens with zero attached hydrogens (tertiary/aromatic N) is 6. The van der Waals surface area contributed by atoms with Gasteiger partial charge in [0, 0.05) is 36.0 Å². The second-order valence-corrected chi connectivity index (χ2v) is 6.98. The minimum Gasteiger partial charge on any atom is -0.415 e. The summed E-state index contributed by atoms with van der Waals surface area (Å²) in [5.74, 6) is -0.617. The normalized spacial score (nSPS) is 11.6. The van der Waals surface area contributed by atoms with Crippen LogP contribution in [0.3, 0.4) is 0 Å². The van der Waals surface area contributed by atoms with Gasteiger partial charge in [0.2, 0.25) is 5.89 Å². The number of halogens is 2. The van der Waals surface area contributed by atoms with Gasteiger partial charge in [0.15, 0.2) is 0 Å². The van der Waals surface area contributed by atoms with Crippen LogP contribution in [0.5, 0.6) is 0 Å². The summed E-state index contributed by atoms with van der Waals surface area (Å²) < 4.78 is 34.0. The number of alkyl halides is 2. The monoisotopic (exact) mass is 406 g/mol. The Bertz CT molecular complexity index is 1320. The van der Waals surface area contributed by atoms with Crippen LogP contribution in [0.15, 0.2) is 65.5 Å². The summed E-state index contributed by atoms with van der Waals surface area (Å²) in [5.41, 5.74) is 3.38. The number of benzene rings is 2. The van der Waals surface area contributed by atoms with Gasteiger partial charge in [-0.1, -0.05) is 35.5 Å². The van der Waals surface area contributed by atoms with Gasteiger partial charge in [-0.05, 0) is 23.1 Å². The highest BCUT2D eigenvalue weighted by molar-refractivity contribution is 5.95. The standard InChI is InChI=1S/C21H16F2N6O/c1-28-10-15-3-2-4-16(17(15)11-28)18-12-29(27-24-18)9-13-5-7-14(8-6-13)20-25-26-21(30-20)19(22)23/h2-8,10-12,19H,9H2,1H3. The first kappa shape index (κ1) is 18.2. The highest BCUT2D eigenvalue weighted by atomic mass is 19.3. The summed E-state index contributed by atoms with van der Waals surface area (Å²) in [6.07, 6.45) is 3.26. The van der Waals surface area contributed by atoms with E-state index in [0.29, 0.717) is 12.1 Å². The molecule has 0 saturated heterocycles. The molecule has 0 unspecified atom stereocenters. The smallest absolute Gasteiger partial charge is 0.314 e. The van der Waals surface area contributed by atoms with Crippen LogP contribution in [0.4, 0.5) is 8.78 Å². The van der Waals surface area contributed by atoms with Crippen LogP contribution < -0.4 is 0 Å². The number of hydrogen-bond donors (Lipinski definition) is 0. The number of aryl methyl sites for hydroxylation is 1. The molecule has 0 spiro atoms. The van der Waals surface area contributed by atoms with Gasteiger partial charge >= 0.3 is 6.43 Å². The molecule has 0 atom stereocenters. The molecule has 0 aliphatic heterocycles. The molecule has 2 aromatic carbocycles. The molecule has 0 aliphatic rings. The fourth-order valence-corrected chi connectivity index (χ4v) is 3.40. The van der Waals surface area contributed by atoms with Crippen molar-refractivity contribution in [2.75, 3.05) is 0 Å². The molecular weight excluding hydrogens is 390 g/mol. The SMILES string of the molecule is Cn1cc2cccc(-c3cn(Cc4ccc(-c5nnc(C(F)F)o5)cc4)nn3)c2c1. The molecule has 9 heteroatoms. The first-order chi connectivity index (χ1) is 14.6. The van der Waals surface area contributed by atoms with Gasteiger partial charge in [0.1, 0.15) is 5.69 Å². The van der Waals surface area contributed by atoms with Crippen molar-refractivity contribution in [2.24, 2.45) is 7.05 Å². The molecule has 0 aliphatic carbocycles. The van der Waals surface area contributed by atoms with E-state index in [4.69, 9.17) is 4.42 Å². The van der Waals surface area contributed by atoms with E-state index < -0.39 is 12.3 Å². The summed E-state index contributed by atoms with van der Waals surface area (Å²) >= 11 is 0. The molecule has 3 aromatic heterocycles. The Hall–Kier alpha value is -3.88. The van der Waals surface area contributed by atoms with Gasteiger partial charge in [-0.2, -0.15) is 8.78 Å². The third kappa shape index (κ3) is 3.34. The molecule has 0 saturated carbocycles. The summed E-state index contributed by atoms with van der Waals surface area (Å²) in [4.78, 5) is 0. The highest BCUT2D eigenvalue weighted by Gasteiger charge is 2.17. The molecule has 30 heavy (non-hydrogen) atoms. The Morgan fingerprint density at radius 3 is 2.57 bits per heavy atom. The van der Waals surface area contributed by atoms with Crippen molar-refractivity contribution in [3.05, 3.63) is 72.5 Å². The van der Waals surface area contributed by atoms with Gasteiger partial charge in [-0.25, -0.2) is 4.68 Å². The molecule has 0 fully saturated rings. The highest BCUT2D eigenvalue weighted by Crippen LogP contribution is 2.28. The maximum absolute atomic E-state index is 12.6. The lowest BCUT2D eigenvalue weighted by Gasteiger charge is -2.02.